The number of fused-ring (bicyclic) bond motifs is 7. The Hall–Kier alpha value is -6.39. The van der Waals surface area contributed by atoms with Gasteiger partial charge in [-0.2, -0.15) is 0 Å². The molecule has 0 N–H and O–H groups in total. The third-order valence-corrected chi connectivity index (χ3v) is 10.3. The minimum absolute atomic E-state index is 0.120. The minimum atomic E-state index is -0.120. The first-order chi connectivity index (χ1) is 24.5. The molecule has 0 bridgehead atoms. The van der Waals surface area contributed by atoms with Crippen molar-refractivity contribution < 1.29 is 8.83 Å². The first-order valence-electron chi connectivity index (χ1n) is 17.0. The number of furan rings is 1. The van der Waals surface area contributed by atoms with E-state index in [0.717, 1.165) is 55.7 Å². The van der Waals surface area contributed by atoms with E-state index in [2.05, 4.69) is 140 Å². The molecule has 50 heavy (non-hydrogen) atoms. The van der Waals surface area contributed by atoms with Gasteiger partial charge in [-0.25, -0.2) is 4.98 Å². The topological polar surface area (TPSA) is 42.4 Å². The van der Waals surface area contributed by atoms with Gasteiger partial charge < -0.3 is 13.7 Å². The summed E-state index contributed by atoms with van der Waals surface area (Å²) in [7, 11) is 0. The van der Waals surface area contributed by atoms with Crippen molar-refractivity contribution in [3.63, 3.8) is 0 Å². The maximum Gasteiger partial charge on any atom is 0.228 e. The molecule has 0 saturated carbocycles. The summed E-state index contributed by atoms with van der Waals surface area (Å²) in [5.41, 5.74) is 15.0. The Balaban J connectivity index is 1.15. The molecule has 0 radical (unpaired) electrons. The van der Waals surface area contributed by atoms with E-state index in [1.807, 2.05) is 36.4 Å². The SMILES string of the molecule is CC1(C)c2ccc(N(c3ccccc3)c3ccc4c(c3)oc3cccc(-c5nc6ccccc6o5)c34)cc2-c2c(-c3ccccc3)cccc21. The zero-order valence-corrected chi connectivity index (χ0v) is 27.7. The molecule has 0 amide bonds. The van der Waals surface area contributed by atoms with E-state index in [9.17, 15) is 0 Å². The monoisotopic (exact) mass is 644 g/mol. The van der Waals surface area contributed by atoms with Crippen LogP contribution >= 0.6 is 0 Å². The van der Waals surface area contributed by atoms with Gasteiger partial charge in [-0.3, -0.25) is 0 Å². The number of nitrogens with zero attached hydrogens (tertiary/aromatic N) is 2. The molecule has 1 aliphatic rings. The molecule has 0 atom stereocenters. The molecule has 10 rings (SSSR count). The van der Waals surface area contributed by atoms with Crippen LogP contribution in [0.5, 0.6) is 0 Å². The van der Waals surface area contributed by atoms with Crippen LogP contribution in [0.4, 0.5) is 17.1 Å². The molecule has 0 saturated heterocycles. The van der Waals surface area contributed by atoms with Crippen molar-refractivity contribution in [2.45, 2.75) is 19.3 Å². The van der Waals surface area contributed by atoms with Crippen molar-refractivity contribution in [3.8, 4) is 33.7 Å². The van der Waals surface area contributed by atoms with Crippen LogP contribution in [0, 0.1) is 0 Å². The molecule has 9 aromatic rings. The highest BCUT2D eigenvalue weighted by Crippen LogP contribution is 2.54. The van der Waals surface area contributed by atoms with Crippen molar-refractivity contribution in [1.82, 2.24) is 4.98 Å². The fraction of sp³-hybridized carbons (Fsp3) is 0.0652. The third-order valence-electron chi connectivity index (χ3n) is 10.3. The highest BCUT2D eigenvalue weighted by atomic mass is 16.3. The van der Waals surface area contributed by atoms with E-state index in [0.29, 0.717) is 5.89 Å². The number of hydrogen-bond donors (Lipinski definition) is 0. The summed E-state index contributed by atoms with van der Waals surface area (Å²) in [4.78, 5) is 7.13. The Morgan fingerprint density at radius 3 is 2.04 bits per heavy atom. The first-order valence-corrected chi connectivity index (χ1v) is 17.0. The van der Waals surface area contributed by atoms with Gasteiger partial charge in [0.15, 0.2) is 5.58 Å². The second-order valence-corrected chi connectivity index (χ2v) is 13.6. The summed E-state index contributed by atoms with van der Waals surface area (Å²) >= 11 is 0. The fourth-order valence-corrected chi connectivity index (χ4v) is 7.93. The van der Waals surface area contributed by atoms with Crippen LogP contribution in [-0.4, -0.2) is 4.98 Å². The largest absolute Gasteiger partial charge is 0.456 e. The molecule has 0 unspecified atom stereocenters. The molecular weight excluding hydrogens is 613 g/mol. The van der Waals surface area contributed by atoms with Crippen LogP contribution in [-0.2, 0) is 5.41 Å². The van der Waals surface area contributed by atoms with Gasteiger partial charge >= 0.3 is 0 Å². The standard InChI is InChI=1S/C46H32N2O2/c1-46(2)37-26-24-31(27-36(37)43-33(17-11-19-38(43)46)29-13-5-3-6-14-29)48(30-15-7-4-8-16-30)32-23-25-34-42(28-32)49-41-22-12-18-35(44(34)41)45-47-39-20-9-10-21-40(39)50-45/h3-28H,1-2H3. The van der Waals surface area contributed by atoms with E-state index in [1.165, 1.54) is 33.4 Å². The predicted molar refractivity (Wildman–Crippen MR) is 204 cm³/mol. The molecule has 4 heteroatoms. The van der Waals surface area contributed by atoms with Crippen LogP contribution in [0.1, 0.15) is 25.0 Å². The number of hydrogen-bond acceptors (Lipinski definition) is 4. The van der Waals surface area contributed by atoms with Crippen molar-refractivity contribution in [1.29, 1.82) is 0 Å². The summed E-state index contributed by atoms with van der Waals surface area (Å²) in [6, 6.07) is 55.4. The zero-order valence-electron chi connectivity index (χ0n) is 27.7. The fourth-order valence-electron chi connectivity index (χ4n) is 7.93. The van der Waals surface area contributed by atoms with Crippen molar-refractivity contribution >= 4 is 50.1 Å². The molecule has 2 aromatic heterocycles. The molecule has 238 valence electrons. The van der Waals surface area contributed by atoms with E-state index >= 15 is 0 Å². The van der Waals surface area contributed by atoms with Gasteiger partial charge in [0.25, 0.3) is 0 Å². The van der Waals surface area contributed by atoms with Gasteiger partial charge in [-0.15, -0.1) is 0 Å². The molecular formula is C46H32N2O2. The molecule has 0 spiro atoms. The highest BCUT2D eigenvalue weighted by molar-refractivity contribution is 6.12. The van der Waals surface area contributed by atoms with Gasteiger partial charge in [-0.05, 0) is 94.0 Å². The second kappa shape index (κ2) is 10.8. The number of para-hydroxylation sites is 3. The molecule has 4 nitrogen and oxygen atoms in total. The highest BCUT2D eigenvalue weighted by Gasteiger charge is 2.37. The van der Waals surface area contributed by atoms with E-state index in [4.69, 9.17) is 13.8 Å². The maximum atomic E-state index is 6.57. The lowest BCUT2D eigenvalue weighted by atomic mass is 9.82. The maximum absolute atomic E-state index is 6.57. The van der Waals surface area contributed by atoms with Gasteiger partial charge in [0.2, 0.25) is 5.89 Å². The quantitative estimate of drug-likeness (QED) is 0.187. The van der Waals surface area contributed by atoms with Crippen LogP contribution in [0.15, 0.2) is 167 Å². The number of rotatable bonds is 5. The lowest BCUT2D eigenvalue weighted by molar-refractivity contribution is 0.620. The molecule has 0 aliphatic heterocycles. The predicted octanol–water partition coefficient (Wildman–Crippen LogP) is 12.8. The van der Waals surface area contributed by atoms with Crippen molar-refractivity contribution in [3.05, 3.63) is 169 Å². The van der Waals surface area contributed by atoms with E-state index in [-0.39, 0.29) is 5.41 Å². The van der Waals surface area contributed by atoms with Crippen molar-refractivity contribution in [2.24, 2.45) is 0 Å². The lowest BCUT2D eigenvalue weighted by Gasteiger charge is -2.27. The lowest BCUT2D eigenvalue weighted by Crippen LogP contribution is -2.15. The Labute approximate surface area is 289 Å². The number of anilines is 3. The van der Waals surface area contributed by atoms with E-state index in [1.54, 1.807) is 0 Å². The smallest absolute Gasteiger partial charge is 0.228 e. The number of oxazole rings is 1. The Kier molecular flexibility index (Phi) is 6.19. The molecule has 7 aromatic carbocycles. The van der Waals surface area contributed by atoms with Gasteiger partial charge in [0, 0.05) is 44.9 Å². The molecule has 2 heterocycles. The van der Waals surface area contributed by atoms with Gasteiger partial charge in [-0.1, -0.05) is 105 Å². The minimum Gasteiger partial charge on any atom is -0.456 e. The van der Waals surface area contributed by atoms with Gasteiger partial charge in [0.05, 0.1) is 0 Å². The van der Waals surface area contributed by atoms with Crippen LogP contribution in [0.2, 0.25) is 0 Å². The van der Waals surface area contributed by atoms with Crippen LogP contribution in [0.25, 0.3) is 66.7 Å². The first kappa shape index (κ1) is 28.6. The van der Waals surface area contributed by atoms with Crippen LogP contribution < -0.4 is 4.90 Å². The van der Waals surface area contributed by atoms with Crippen molar-refractivity contribution in [2.75, 3.05) is 4.90 Å². The molecule has 0 fully saturated rings. The second-order valence-electron chi connectivity index (χ2n) is 13.6. The Morgan fingerprint density at radius 1 is 0.500 bits per heavy atom. The Morgan fingerprint density at radius 2 is 1.20 bits per heavy atom. The number of aromatic nitrogens is 1. The summed E-state index contributed by atoms with van der Waals surface area (Å²) < 4.78 is 12.8. The summed E-state index contributed by atoms with van der Waals surface area (Å²) in [5.74, 6) is 0.589. The van der Waals surface area contributed by atoms with E-state index < -0.39 is 0 Å². The average molecular weight is 645 g/mol. The Bertz CT molecular complexity index is 2700. The summed E-state index contributed by atoms with van der Waals surface area (Å²) in [5, 5.41) is 2.02. The number of benzene rings is 7. The third kappa shape index (κ3) is 4.28. The zero-order chi connectivity index (χ0) is 33.4. The van der Waals surface area contributed by atoms with Gasteiger partial charge in [0.1, 0.15) is 16.7 Å². The van der Waals surface area contributed by atoms with Crippen LogP contribution in [0.3, 0.4) is 0 Å². The average Bonchev–Trinajstić information content (AvgIpc) is 3.83. The summed E-state index contributed by atoms with van der Waals surface area (Å²) in [6.45, 7) is 4.68. The summed E-state index contributed by atoms with van der Waals surface area (Å²) in [6.07, 6.45) is 0. The molecule has 1 aliphatic carbocycles. The normalized spacial score (nSPS) is 13.2.